The zero-order valence-corrected chi connectivity index (χ0v) is 22.7. The van der Waals surface area contributed by atoms with Crippen molar-refractivity contribution in [3.63, 3.8) is 0 Å². The second-order valence-corrected chi connectivity index (χ2v) is 10.9. The first-order chi connectivity index (χ1) is 18.6. The molecule has 198 valence electrons. The molecule has 39 heavy (non-hydrogen) atoms. The molecule has 1 fully saturated rings. The van der Waals surface area contributed by atoms with E-state index in [4.69, 9.17) is 19.8 Å². The molecule has 1 aliphatic carbocycles. The number of anilines is 1. The molecule has 3 N–H and O–H groups in total. The molecule has 3 aromatic rings. The van der Waals surface area contributed by atoms with Crippen LogP contribution in [0.15, 0.2) is 72.2 Å². The van der Waals surface area contributed by atoms with Crippen molar-refractivity contribution in [3.8, 4) is 17.2 Å². The lowest BCUT2D eigenvalue weighted by atomic mass is 9.76. The fourth-order valence-electron chi connectivity index (χ4n) is 5.02. The molecule has 0 radical (unpaired) electrons. The van der Waals surface area contributed by atoms with Crippen molar-refractivity contribution >= 4 is 25.0 Å². The molecular weight excluding hydrogens is 489 g/mol. The van der Waals surface area contributed by atoms with Crippen molar-refractivity contribution in [2.24, 2.45) is 0 Å². The molecule has 0 aromatic heterocycles. The van der Waals surface area contributed by atoms with Gasteiger partial charge in [-0.2, -0.15) is 5.26 Å². The number of amides is 1. The SMILES string of the molecule is CC1(C)OB(C(=Cc2cc(N)ccc2C#N)CNC(=O)OCC2c3ccccc3-c3ccccc32)OC1(C)C. The molecule has 1 heterocycles. The highest BCUT2D eigenvalue weighted by atomic mass is 16.7. The van der Waals surface area contributed by atoms with Crippen LogP contribution in [0.4, 0.5) is 10.5 Å². The van der Waals surface area contributed by atoms with Gasteiger partial charge in [0.25, 0.3) is 0 Å². The van der Waals surface area contributed by atoms with E-state index in [1.807, 2.05) is 52.0 Å². The summed E-state index contributed by atoms with van der Waals surface area (Å²) >= 11 is 0. The van der Waals surface area contributed by atoms with Gasteiger partial charge in [0, 0.05) is 18.2 Å². The van der Waals surface area contributed by atoms with Gasteiger partial charge in [-0.05, 0) is 79.2 Å². The average Bonchev–Trinajstić information content (AvgIpc) is 3.34. The van der Waals surface area contributed by atoms with Crippen LogP contribution in [0.25, 0.3) is 17.2 Å². The largest absolute Gasteiger partial charge is 0.492 e. The maximum absolute atomic E-state index is 12.9. The van der Waals surface area contributed by atoms with Gasteiger partial charge >= 0.3 is 13.2 Å². The number of nitrogen functional groups attached to an aromatic ring is 1. The van der Waals surface area contributed by atoms with Crippen LogP contribution in [-0.2, 0) is 14.0 Å². The minimum atomic E-state index is -0.725. The predicted octanol–water partition coefficient (Wildman–Crippen LogP) is 5.69. The lowest BCUT2D eigenvalue weighted by molar-refractivity contribution is 0.00578. The van der Waals surface area contributed by atoms with Crippen LogP contribution < -0.4 is 11.1 Å². The average molecular weight is 521 g/mol. The molecular formula is C31H32BN3O4. The monoisotopic (exact) mass is 521 g/mol. The molecule has 2 aliphatic rings. The number of ether oxygens (including phenoxy) is 1. The van der Waals surface area contributed by atoms with Crippen LogP contribution in [0, 0.1) is 11.3 Å². The molecule has 0 spiro atoms. The predicted molar refractivity (Wildman–Crippen MR) is 153 cm³/mol. The summed E-state index contributed by atoms with van der Waals surface area (Å²) in [6.07, 6.45) is 1.24. The highest BCUT2D eigenvalue weighted by Crippen LogP contribution is 2.44. The number of hydrogen-bond donors (Lipinski definition) is 2. The van der Waals surface area contributed by atoms with Crippen LogP contribution >= 0.6 is 0 Å². The first-order valence-corrected chi connectivity index (χ1v) is 13.0. The second kappa shape index (κ2) is 10.3. The van der Waals surface area contributed by atoms with Gasteiger partial charge in [0.05, 0.1) is 22.8 Å². The Hall–Kier alpha value is -4.06. The van der Waals surface area contributed by atoms with E-state index in [0.29, 0.717) is 22.3 Å². The molecule has 3 aromatic carbocycles. The molecule has 1 aliphatic heterocycles. The van der Waals surface area contributed by atoms with Crippen LogP contribution in [0.5, 0.6) is 0 Å². The quantitative estimate of drug-likeness (QED) is 0.319. The highest BCUT2D eigenvalue weighted by Gasteiger charge is 2.52. The summed E-state index contributed by atoms with van der Waals surface area (Å²) in [5.74, 6) is -0.0354. The molecule has 0 unspecified atom stereocenters. The van der Waals surface area contributed by atoms with Crippen molar-refractivity contribution in [2.45, 2.75) is 44.8 Å². The molecule has 0 bridgehead atoms. The minimum Gasteiger partial charge on any atom is -0.449 e. The Labute approximate surface area is 229 Å². The maximum Gasteiger partial charge on any atom is 0.492 e. The molecule has 7 nitrogen and oxygen atoms in total. The Balaban J connectivity index is 1.33. The molecule has 0 saturated carbocycles. The Bertz CT molecular complexity index is 1430. The van der Waals surface area contributed by atoms with Crippen molar-refractivity contribution in [2.75, 3.05) is 18.9 Å². The van der Waals surface area contributed by atoms with Gasteiger partial charge in [0.1, 0.15) is 6.61 Å². The van der Waals surface area contributed by atoms with Crippen LogP contribution in [0.1, 0.15) is 55.9 Å². The lowest BCUT2D eigenvalue weighted by Gasteiger charge is -2.32. The number of rotatable bonds is 6. The topological polar surface area (TPSA) is 107 Å². The smallest absolute Gasteiger partial charge is 0.449 e. The molecule has 8 heteroatoms. The number of nitrogens with two attached hydrogens (primary N) is 1. The zero-order chi connectivity index (χ0) is 27.8. The van der Waals surface area contributed by atoms with Crippen molar-refractivity contribution in [1.82, 2.24) is 5.32 Å². The van der Waals surface area contributed by atoms with E-state index in [-0.39, 0.29) is 19.1 Å². The maximum atomic E-state index is 12.9. The number of nitriles is 1. The Morgan fingerprint density at radius 3 is 2.21 bits per heavy atom. The van der Waals surface area contributed by atoms with E-state index in [0.717, 1.165) is 11.1 Å². The van der Waals surface area contributed by atoms with Gasteiger partial charge in [0.2, 0.25) is 0 Å². The summed E-state index contributed by atoms with van der Waals surface area (Å²) in [4.78, 5) is 12.9. The van der Waals surface area contributed by atoms with Gasteiger partial charge in [-0.1, -0.05) is 54.6 Å². The van der Waals surface area contributed by atoms with Crippen LogP contribution in [-0.4, -0.2) is 37.6 Å². The van der Waals surface area contributed by atoms with E-state index in [2.05, 4.69) is 35.7 Å². The Kier molecular flexibility index (Phi) is 6.98. The third-order valence-electron chi connectivity index (χ3n) is 7.87. The van der Waals surface area contributed by atoms with E-state index < -0.39 is 24.4 Å². The highest BCUT2D eigenvalue weighted by molar-refractivity contribution is 6.56. The standard InChI is InChI=1S/C31H32BN3O4/c1-30(2)31(3,4)39-32(38-30)22(15-21-16-23(34)14-13-20(21)17-33)18-35-29(36)37-19-28-26-11-7-5-9-24(26)25-10-6-8-12-27(25)28/h5-16,28H,18-19,34H2,1-4H3,(H,35,36). The van der Waals surface area contributed by atoms with E-state index >= 15 is 0 Å². The molecule has 5 rings (SSSR count). The number of nitrogens with one attached hydrogen (secondary N) is 1. The number of nitrogens with zero attached hydrogens (tertiary/aromatic N) is 1. The summed E-state index contributed by atoms with van der Waals surface area (Å²) in [6, 6.07) is 23.7. The zero-order valence-electron chi connectivity index (χ0n) is 22.7. The van der Waals surface area contributed by atoms with Crippen molar-refractivity contribution in [3.05, 3.63) is 94.5 Å². The first kappa shape index (κ1) is 26.5. The fraction of sp³-hybridized carbons (Fsp3) is 0.290. The van der Waals surface area contributed by atoms with Crippen LogP contribution in [0.2, 0.25) is 0 Å². The summed E-state index contributed by atoms with van der Waals surface area (Å²) in [5.41, 5.74) is 11.7. The Morgan fingerprint density at radius 2 is 1.62 bits per heavy atom. The normalized spacial score (nSPS) is 17.3. The van der Waals surface area contributed by atoms with Gasteiger partial charge < -0.3 is 25.1 Å². The van der Waals surface area contributed by atoms with Crippen molar-refractivity contribution in [1.29, 1.82) is 5.26 Å². The van der Waals surface area contributed by atoms with E-state index in [1.54, 1.807) is 24.3 Å². The summed E-state index contributed by atoms with van der Waals surface area (Å²) in [7, 11) is -0.725. The van der Waals surface area contributed by atoms with E-state index in [1.165, 1.54) is 11.1 Å². The summed E-state index contributed by atoms with van der Waals surface area (Å²) < 4.78 is 18.2. The molecule has 0 atom stereocenters. The summed E-state index contributed by atoms with van der Waals surface area (Å²) in [5, 5.41) is 12.5. The molecule has 1 amide bonds. The molecule has 1 saturated heterocycles. The number of carbonyl (C=O) groups is 1. The van der Waals surface area contributed by atoms with Gasteiger partial charge in [-0.15, -0.1) is 0 Å². The minimum absolute atomic E-state index is 0.0354. The third kappa shape index (κ3) is 5.16. The van der Waals surface area contributed by atoms with Gasteiger partial charge in [-0.25, -0.2) is 4.79 Å². The number of alkyl carbamates (subject to hydrolysis) is 1. The van der Waals surface area contributed by atoms with Gasteiger partial charge in [-0.3, -0.25) is 0 Å². The summed E-state index contributed by atoms with van der Waals surface area (Å²) in [6.45, 7) is 8.17. The fourth-order valence-corrected chi connectivity index (χ4v) is 5.02. The number of benzene rings is 3. The lowest BCUT2D eigenvalue weighted by Crippen LogP contribution is -2.41. The third-order valence-corrected chi connectivity index (χ3v) is 7.87. The number of carbonyl (C=O) groups excluding carboxylic acids is 1. The van der Waals surface area contributed by atoms with Crippen molar-refractivity contribution < 1.29 is 18.8 Å². The van der Waals surface area contributed by atoms with Crippen LogP contribution in [0.3, 0.4) is 0 Å². The Morgan fingerprint density at radius 1 is 1.03 bits per heavy atom. The van der Waals surface area contributed by atoms with Gasteiger partial charge in [0.15, 0.2) is 0 Å². The first-order valence-electron chi connectivity index (χ1n) is 13.0. The second-order valence-electron chi connectivity index (χ2n) is 10.9. The number of fused-ring (bicyclic) bond motifs is 3. The van der Waals surface area contributed by atoms with E-state index in [9.17, 15) is 10.1 Å². The number of hydrogen-bond acceptors (Lipinski definition) is 6.